The number of carbonyl (C=O) groups is 2. The molecule has 2 aromatic carbocycles. The van der Waals surface area contributed by atoms with Crippen molar-refractivity contribution < 1.29 is 9.59 Å². The van der Waals surface area contributed by atoms with Gasteiger partial charge in [-0.25, -0.2) is 0 Å². The Bertz CT molecular complexity index is 865. The minimum atomic E-state index is 0.0557. The third-order valence-electron chi connectivity index (χ3n) is 5.62. The van der Waals surface area contributed by atoms with Gasteiger partial charge in [0.25, 0.3) is 0 Å². The van der Waals surface area contributed by atoms with E-state index in [0.717, 1.165) is 25.2 Å². The van der Waals surface area contributed by atoms with Crippen molar-refractivity contribution in [2.75, 3.05) is 36.0 Å². The number of carbonyl (C=O) groups excluding carboxylic acids is 2. The molecule has 0 spiro atoms. The molecule has 0 saturated heterocycles. The molecule has 1 N–H and O–H groups in total. The monoisotopic (exact) mass is 393 g/mol. The van der Waals surface area contributed by atoms with Crippen LogP contribution >= 0.6 is 0 Å². The number of amides is 2. The Balaban J connectivity index is 1.47. The predicted molar refractivity (Wildman–Crippen MR) is 119 cm³/mol. The van der Waals surface area contributed by atoms with Gasteiger partial charge in [-0.1, -0.05) is 30.3 Å². The fourth-order valence-electron chi connectivity index (χ4n) is 4.06. The second kappa shape index (κ2) is 9.59. The number of nitrogens with zero attached hydrogens (tertiary/aromatic N) is 2. The van der Waals surface area contributed by atoms with Gasteiger partial charge in [-0.15, -0.1) is 0 Å². The summed E-state index contributed by atoms with van der Waals surface area (Å²) in [4.78, 5) is 28.4. The molecule has 2 aromatic rings. The highest BCUT2D eigenvalue weighted by Crippen LogP contribution is 2.38. The highest BCUT2D eigenvalue weighted by molar-refractivity contribution is 5.94. The van der Waals surface area contributed by atoms with E-state index < -0.39 is 0 Å². The van der Waals surface area contributed by atoms with Gasteiger partial charge >= 0.3 is 0 Å². The molecule has 1 heterocycles. The number of likely N-dealkylation sites (N-methyl/N-ethyl adjacent to an activating group) is 1. The lowest BCUT2D eigenvalue weighted by Gasteiger charge is -2.23. The first-order valence-corrected chi connectivity index (χ1v) is 10.4. The highest BCUT2D eigenvalue weighted by Gasteiger charge is 2.30. The summed E-state index contributed by atoms with van der Waals surface area (Å²) in [6.45, 7) is 8.80. The van der Waals surface area contributed by atoms with Gasteiger partial charge in [-0.3, -0.25) is 9.59 Å². The molecule has 0 bridgehead atoms. The van der Waals surface area contributed by atoms with Crippen molar-refractivity contribution in [2.24, 2.45) is 0 Å². The maximum Gasteiger partial charge on any atom is 0.223 e. The Labute approximate surface area is 173 Å². The molecule has 1 atom stereocenters. The van der Waals surface area contributed by atoms with Crippen LogP contribution < -0.4 is 15.1 Å². The van der Waals surface area contributed by atoms with Crippen LogP contribution in [0.5, 0.6) is 0 Å². The van der Waals surface area contributed by atoms with Gasteiger partial charge in [-0.2, -0.15) is 0 Å². The number of fused-ring (bicyclic) bond motifs is 1. The molecule has 2 amide bonds. The Morgan fingerprint density at radius 3 is 2.69 bits per heavy atom. The summed E-state index contributed by atoms with van der Waals surface area (Å²) in [7, 11) is 0. The number of hydrogen-bond donors (Lipinski definition) is 1. The molecule has 5 heteroatoms. The first-order valence-electron chi connectivity index (χ1n) is 10.4. The molecule has 3 rings (SSSR count). The van der Waals surface area contributed by atoms with Crippen LogP contribution in [0, 0.1) is 6.92 Å². The minimum Gasteiger partial charge on any atom is -0.370 e. The lowest BCUT2D eigenvalue weighted by Crippen LogP contribution is -2.35. The van der Waals surface area contributed by atoms with Crippen molar-refractivity contribution in [3.05, 3.63) is 59.7 Å². The number of hydrogen-bond acceptors (Lipinski definition) is 3. The summed E-state index contributed by atoms with van der Waals surface area (Å²) in [5.41, 5.74) is 4.59. The van der Waals surface area contributed by atoms with Crippen molar-refractivity contribution >= 4 is 23.2 Å². The van der Waals surface area contributed by atoms with Crippen LogP contribution in [0.1, 0.15) is 43.7 Å². The SMILES string of the molecule is CCN(CCNC(=O)CCC1CN(C(C)=O)c2ccccc21)c1cccc(C)c1. The summed E-state index contributed by atoms with van der Waals surface area (Å²) in [5, 5.41) is 3.05. The van der Waals surface area contributed by atoms with E-state index in [-0.39, 0.29) is 17.7 Å². The van der Waals surface area contributed by atoms with Crippen LogP contribution in [-0.4, -0.2) is 38.0 Å². The first kappa shape index (κ1) is 20.9. The zero-order valence-electron chi connectivity index (χ0n) is 17.6. The van der Waals surface area contributed by atoms with E-state index in [2.05, 4.69) is 54.4 Å². The van der Waals surface area contributed by atoms with Crippen LogP contribution in [0.25, 0.3) is 0 Å². The summed E-state index contributed by atoms with van der Waals surface area (Å²) in [6.07, 6.45) is 1.23. The topological polar surface area (TPSA) is 52.7 Å². The lowest BCUT2D eigenvalue weighted by atomic mass is 9.96. The van der Waals surface area contributed by atoms with Crippen molar-refractivity contribution in [1.29, 1.82) is 0 Å². The minimum absolute atomic E-state index is 0.0557. The van der Waals surface area contributed by atoms with E-state index in [1.54, 1.807) is 6.92 Å². The van der Waals surface area contributed by atoms with Crippen LogP contribution in [0.3, 0.4) is 0 Å². The number of rotatable bonds is 8. The third kappa shape index (κ3) is 5.17. The Morgan fingerprint density at radius 1 is 1.17 bits per heavy atom. The summed E-state index contributed by atoms with van der Waals surface area (Å²) in [5.74, 6) is 0.351. The van der Waals surface area contributed by atoms with E-state index >= 15 is 0 Å². The van der Waals surface area contributed by atoms with Gasteiger partial charge in [0.15, 0.2) is 0 Å². The maximum atomic E-state index is 12.4. The molecule has 5 nitrogen and oxygen atoms in total. The van der Waals surface area contributed by atoms with Gasteiger partial charge in [0.05, 0.1) is 0 Å². The molecule has 29 heavy (non-hydrogen) atoms. The fraction of sp³-hybridized carbons (Fsp3) is 0.417. The van der Waals surface area contributed by atoms with Gasteiger partial charge in [-0.05, 0) is 49.6 Å². The van der Waals surface area contributed by atoms with Crippen molar-refractivity contribution in [2.45, 2.75) is 39.5 Å². The standard InChI is InChI=1S/C24H31N3O2/c1-4-26(21-9-7-8-18(2)16-21)15-14-25-24(29)13-12-20-17-27(19(3)28)23-11-6-5-10-22(20)23/h5-11,16,20H,4,12-15,17H2,1-3H3,(H,25,29). The lowest BCUT2D eigenvalue weighted by molar-refractivity contribution is -0.121. The van der Waals surface area contributed by atoms with Crippen molar-refractivity contribution in [3.63, 3.8) is 0 Å². The van der Waals surface area contributed by atoms with Crippen LogP contribution in [-0.2, 0) is 9.59 Å². The van der Waals surface area contributed by atoms with E-state index in [1.165, 1.54) is 16.8 Å². The van der Waals surface area contributed by atoms with Gasteiger partial charge < -0.3 is 15.1 Å². The van der Waals surface area contributed by atoms with Crippen molar-refractivity contribution in [1.82, 2.24) is 5.32 Å². The van der Waals surface area contributed by atoms with Crippen molar-refractivity contribution in [3.8, 4) is 0 Å². The summed E-state index contributed by atoms with van der Waals surface area (Å²) in [6, 6.07) is 16.4. The van der Waals surface area contributed by atoms with Gasteiger partial charge in [0, 0.05) is 56.8 Å². The fourth-order valence-corrected chi connectivity index (χ4v) is 4.06. The van der Waals surface area contributed by atoms with E-state index in [9.17, 15) is 9.59 Å². The van der Waals surface area contributed by atoms with E-state index in [0.29, 0.717) is 19.5 Å². The van der Waals surface area contributed by atoms with Crippen LogP contribution in [0.15, 0.2) is 48.5 Å². The number of nitrogens with one attached hydrogen (secondary N) is 1. The smallest absolute Gasteiger partial charge is 0.223 e. The Morgan fingerprint density at radius 2 is 1.97 bits per heavy atom. The number of aryl methyl sites for hydroxylation is 1. The molecule has 0 fully saturated rings. The molecule has 154 valence electrons. The van der Waals surface area contributed by atoms with Gasteiger partial charge in [0.2, 0.25) is 11.8 Å². The molecule has 0 saturated carbocycles. The molecule has 0 aromatic heterocycles. The zero-order chi connectivity index (χ0) is 20.8. The molecular formula is C24H31N3O2. The summed E-state index contributed by atoms with van der Waals surface area (Å²) < 4.78 is 0. The first-order chi connectivity index (χ1) is 14.0. The van der Waals surface area contributed by atoms with Crippen LogP contribution in [0.4, 0.5) is 11.4 Å². The molecule has 1 unspecified atom stereocenters. The normalized spacial score (nSPS) is 15.1. The van der Waals surface area contributed by atoms with E-state index in [4.69, 9.17) is 0 Å². The third-order valence-corrected chi connectivity index (χ3v) is 5.62. The number of benzene rings is 2. The molecule has 0 radical (unpaired) electrons. The predicted octanol–water partition coefficient (Wildman–Crippen LogP) is 3.87. The van der Waals surface area contributed by atoms with Gasteiger partial charge in [0.1, 0.15) is 0 Å². The molecule has 1 aliphatic rings. The number of para-hydroxylation sites is 1. The Kier molecular flexibility index (Phi) is 6.91. The molecule has 0 aliphatic carbocycles. The molecular weight excluding hydrogens is 362 g/mol. The van der Waals surface area contributed by atoms with Crippen LogP contribution in [0.2, 0.25) is 0 Å². The average molecular weight is 394 g/mol. The zero-order valence-corrected chi connectivity index (χ0v) is 17.6. The second-order valence-electron chi connectivity index (χ2n) is 7.69. The maximum absolute atomic E-state index is 12.4. The largest absolute Gasteiger partial charge is 0.370 e. The van der Waals surface area contributed by atoms with E-state index in [1.807, 2.05) is 23.1 Å². The quantitative estimate of drug-likeness (QED) is 0.741. The second-order valence-corrected chi connectivity index (χ2v) is 7.69. The Hall–Kier alpha value is -2.82. The summed E-state index contributed by atoms with van der Waals surface area (Å²) >= 11 is 0. The number of anilines is 2. The molecule has 1 aliphatic heterocycles. The average Bonchev–Trinajstić information content (AvgIpc) is 3.09. The highest BCUT2D eigenvalue weighted by atomic mass is 16.2.